The second kappa shape index (κ2) is 6.27. The van der Waals surface area contributed by atoms with E-state index in [9.17, 15) is 0 Å². The Hall–Kier alpha value is -1.55. The number of rotatable bonds is 4. The van der Waals surface area contributed by atoms with Gasteiger partial charge in [0.25, 0.3) is 0 Å². The molecular weight excluding hydrogens is 252 g/mol. The van der Waals surface area contributed by atoms with E-state index in [1.165, 1.54) is 5.56 Å². The van der Waals surface area contributed by atoms with Gasteiger partial charge in [0.2, 0.25) is 0 Å². The van der Waals surface area contributed by atoms with Crippen LogP contribution < -0.4 is 10.1 Å². The third-order valence-electron chi connectivity index (χ3n) is 4.03. The van der Waals surface area contributed by atoms with E-state index in [4.69, 9.17) is 14.5 Å². The topological polar surface area (TPSA) is 42.9 Å². The second-order valence-electron chi connectivity index (χ2n) is 5.51. The van der Waals surface area contributed by atoms with Crippen LogP contribution in [-0.2, 0) is 11.2 Å². The lowest BCUT2D eigenvalue weighted by atomic mass is 9.98. The molecule has 1 aromatic carbocycles. The van der Waals surface area contributed by atoms with E-state index >= 15 is 0 Å². The Labute approximate surface area is 120 Å². The molecule has 0 aromatic heterocycles. The molecule has 1 atom stereocenters. The molecule has 0 spiro atoms. The van der Waals surface area contributed by atoms with Gasteiger partial charge in [-0.1, -0.05) is 12.1 Å². The highest BCUT2D eigenvalue weighted by atomic mass is 16.5. The van der Waals surface area contributed by atoms with Crippen molar-refractivity contribution in [3.63, 3.8) is 0 Å². The van der Waals surface area contributed by atoms with Crippen molar-refractivity contribution < 1.29 is 9.47 Å². The Morgan fingerprint density at radius 3 is 3.00 bits per heavy atom. The van der Waals surface area contributed by atoms with Crippen LogP contribution in [0.25, 0.3) is 0 Å². The first-order valence-electron chi connectivity index (χ1n) is 7.39. The highest BCUT2D eigenvalue weighted by molar-refractivity contribution is 5.80. The second-order valence-corrected chi connectivity index (χ2v) is 5.51. The van der Waals surface area contributed by atoms with Gasteiger partial charge in [-0.25, -0.2) is 4.99 Å². The predicted molar refractivity (Wildman–Crippen MR) is 79.5 cm³/mol. The molecule has 2 aliphatic rings. The van der Waals surface area contributed by atoms with E-state index in [1.807, 2.05) is 12.1 Å². The minimum atomic E-state index is 0.256. The largest absolute Gasteiger partial charge is 0.497 e. The Morgan fingerprint density at radius 1 is 1.35 bits per heavy atom. The van der Waals surface area contributed by atoms with E-state index < -0.39 is 0 Å². The van der Waals surface area contributed by atoms with Crippen LogP contribution in [0.5, 0.6) is 5.75 Å². The molecule has 4 nitrogen and oxygen atoms in total. The van der Waals surface area contributed by atoms with Crippen molar-refractivity contribution >= 4 is 5.90 Å². The van der Waals surface area contributed by atoms with E-state index in [0.29, 0.717) is 5.92 Å². The number of aliphatic imine (C=N–C) groups is 1. The average Bonchev–Trinajstić information content (AvgIpc) is 2.97. The number of benzene rings is 1. The summed E-state index contributed by atoms with van der Waals surface area (Å²) in [6.45, 7) is 2.87. The smallest absolute Gasteiger partial charge is 0.186 e. The van der Waals surface area contributed by atoms with Crippen LogP contribution in [0.1, 0.15) is 18.4 Å². The van der Waals surface area contributed by atoms with Gasteiger partial charge in [-0.3, -0.25) is 0 Å². The highest BCUT2D eigenvalue weighted by Crippen LogP contribution is 2.22. The SMILES string of the molecule is COc1cccc(CC2COC(C3CCNCC3)=N2)c1. The zero-order valence-electron chi connectivity index (χ0n) is 12.0. The van der Waals surface area contributed by atoms with Gasteiger partial charge >= 0.3 is 0 Å². The van der Waals surface area contributed by atoms with Crippen LogP contribution in [0.2, 0.25) is 0 Å². The monoisotopic (exact) mass is 274 g/mol. The molecule has 1 saturated heterocycles. The van der Waals surface area contributed by atoms with Crippen molar-refractivity contribution in [2.45, 2.75) is 25.3 Å². The minimum Gasteiger partial charge on any atom is -0.497 e. The standard InChI is InChI=1S/C16H22N2O2/c1-19-15-4-2-3-12(10-15)9-14-11-20-16(18-14)13-5-7-17-8-6-13/h2-4,10,13-14,17H,5-9,11H2,1H3. The Bertz CT molecular complexity index is 481. The highest BCUT2D eigenvalue weighted by Gasteiger charge is 2.27. The summed E-state index contributed by atoms with van der Waals surface area (Å²) in [7, 11) is 1.70. The van der Waals surface area contributed by atoms with Crippen molar-refractivity contribution in [2.75, 3.05) is 26.8 Å². The molecule has 0 aliphatic carbocycles. The molecule has 1 fully saturated rings. The summed E-state index contributed by atoms with van der Waals surface area (Å²) < 4.78 is 11.1. The maximum absolute atomic E-state index is 5.82. The summed E-state index contributed by atoms with van der Waals surface area (Å²) in [4.78, 5) is 4.79. The molecule has 2 heterocycles. The lowest BCUT2D eigenvalue weighted by molar-refractivity contribution is 0.283. The summed E-state index contributed by atoms with van der Waals surface area (Å²) >= 11 is 0. The summed E-state index contributed by atoms with van der Waals surface area (Å²) in [5.41, 5.74) is 1.26. The van der Waals surface area contributed by atoms with Crippen LogP contribution in [-0.4, -0.2) is 38.7 Å². The number of methoxy groups -OCH3 is 1. The van der Waals surface area contributed by atoms with E-state index in [-0.39, 0.29) is 6.04 Å². The molecule has 0 bridgehead atoms. The Morgan fingerprint density at radius 2 is 2.20 bits per heavy atom. The Balaban J connectivity index is 1.62. The van der Waals surface area contributed by atoms with Gasteiger partial charge in [0.15, 0.2) is 5.90 Å². The normalized spacial score (nSPS) is 23.2. The molecule has 1 unspecified atom stereocenters. The third kappa shape index (κ3) is 3.12. The quantitative estimate of drug-likeness (QED) is 0.913. The van der Waals surface area contributed by atoms with Crippen LogP contribution >= 0.6 is 0 Å². The zero-order valence-corrected chi connectivity index (χ0v) is 12.0. The lowest BCUT2D eigenvalue weighted by Gasteiger charge is -2.21. The molecule has 2 aliphatic heterocycles. The summed E-state index contributed by atoms with van der Waals surface area (Å²) in [5, 5.41) is 3.38. The van der Waals surface area contributed by atoms with Crippen molar-refractivity contribution in [1.82, 2.24) is 5.32 Å². The van der Waals surface area contributed by atoms with E-state index in [0.717, 1.165) is 50.6 Å². The van der Waals surface area contributed by atoms with E-state index in [1.54, 1.807) is 7.11 Å². The zero-order chi connectivity index (χ0) is 13.8. The van der Waals surface area contributed by atoms with Gasteiger partial charge in [-0.2, -0.15) is 0 Å². The number of hydrogen-bond donors (Lipinski definition) is 1. The van der Waals surface area contributed by atoms with Gasteiger partial charge < -0.3 is 14.8 Å². The number of nitrogens with one attached hydrogen (secondary N) is 1. The molecule has 108 valence electrons. The fourth-order valence-corrected chi connectivity index (χ4v) is 2.90. The van der Waals surface area contributed by atoms with Gasteiger partial charge in [0.1, 0.15) is 12.4 Å². The van der Waals surface area contributed by atoms with Gasteiger partial charge in [-0.05, 0) is 50.0 Å². The molecule has 0 amide bonds. The molecule has 0 saturated carbocycles. The first kappa shape index (κ1) is 13.4. The van der Waals surface area contributed by atoms with Gasteiger partial charge in [-0.15, -0.1) is 0 Å². The summed E-state index contributed by atoms with van der Waals surface area (Å²) in [6.07, 6.45) is 3.21. The molecule has 4 heteroatoms. The van der Waals surface area contributed by atoms with Crippen molar-refractivity contribution in [3.8, 4) is 5.75 Å². The molecule has 1 N–H and O–H groups in total. The van der Waals surface area contributed by atoms with Crippen LogP contribution in [0, 0.1) is 5.92 Å². The maximum atomic E-state index is 5.82. The summed E-state index contributed by atoms with van der Waals surface area (Å²) in [5.74, 6) is 2.41. The van der Waals surface area contributed by atoms with Gasteiger partial charge in [0, 0.05) is 5.92 Å². The van der Waals surface area contributed by atoms with Crippen molar-refractivity contribution in [3.05, 3.63) is 29.8 Å². The fourth-order valence-electron chi connectivity index (χ4n) is 2.90. The maximum Gasteiger partial charge on any atom is 0.186 e. The fraction of sp³-hybridized carbons (Fsp3) is 0.562. The first-order valence-corrected chi connectivity index (χ1v) is 7.39. The Kier molecular flexibility index (Phi) is 4.21. The van der Waals surface area contributed by atoms with Crippen molar-refractivity contribution in [1.29, 1.82) is 0 Å². The van der Waals surface area contributed by atoms with Crippen LogP contribution in [0.15, 0.2) is 29.3 Å². The lowest BCUT2D eigenvalue weighted by Crippen LogP contribution is -2.31. The average molecular weight is 274 g/mol. The molecule has 0 radical (unpaired) electrons. The number of nitrogens with zero attached hydrogens (tertiary/aromatic N) is 1. The molecular formula is C16H22N2O2. The number of hydrogen-bond acceptors (Lipinski definition) is 4. The van der Waals surface area contributed by atoms with Crippen LogP contribution in [0.3, 0.4) is 0 Å². The summed E-state index contributed by atoms with van der Waals surface area (Å²) in [6, 6.07) is 8.46. The van der Waals surface area contributed by atoms with Crippen molar-refractivity contribution in [2.24, 2.45) is 10.9 Å². The third-order valence-corrected chi connectivity index (χ3v) is 4.03. The van der Waals surface area contributed by atoms with E-state index in [2.05, 4.69) is 17.4 Å². The molecule has 20 heavy (non-hydrogen) atoms. The number of piperidine rings is 1. The van der Waals surface area contributed by atoms with Gasteiger partial charge in [0.05, 0.1) is 13.2 Å². The molecule has 3 rings (SSSR count). The van der Waals surface area contributed by atoms with Crippen LogP contribution in [0.4, 0.5) is 0 Å². The minimum absolute atomic E-state index is 0.256. The predicted octanol–water partition coefficient (Wildman–Crippen LogP) is 2.03. The molecule has 1 aromatic rings. The first-order chi connectivity index (χ1) is 9.85. The number of ether oxygens (including phenoxy) is 2.